The van der Waals surface area contributed by atoms with E-state index in [4.69, 9.17) is 18.9 Å². The molecule has 3 rings (SSSR count). The summed E-state index contributed by atoms with van der Waals surface area (Å²) in [4.78, 5) is 12.3. The maximum atomic E-state index is 12.3. The van der Waals surface area contributed by atoms with E-state index in [1.54, 1.807) is 21.1 Å². The molecule has 1 aliphatic heterocycles. The van der Waals surface area contributed by atoms with Gasteiger partial charge in [0.05, 0.1) is 32.7 Å². The molecule has 1 N–H and O–H groups in total. The number of carbonyl (C=O) groups excluding carboxylic acids is 1. The molecule has 1 fully saturated rings. The summed E-state index contributed by atoms with van der Waals surface area (Å²) in [7, 11) is 3.14. The number of hydrogen-bond donors (Lipinski definition) is 1. The molecule has 6 heteroatoms. The molecule has 0 aromatic heterocycles. The molecule has 0 saturated carbocycles. The Bertz CT molecular complexity index is 628. The van der Waals surface area contributed by atoms with Crippen molar-refractivity contribution in [3.05, 3.63) is 23.3 Å². The first-order valence-electron chi connectivity index (χ1n) is 7.79. The number of rotatable bonds is 4. The molecule has 1 saturated heterocycles. The standard InChI is InChI=1S/C17H22O6/c1-5-22-17(19)15-11-8-13(21-4)12(20-3)7-10(11)6-9(2)14(15)16(18)23-17/h7-9,14-15,19H,5-6H2,1-4H3/t9-,14-,15-,17+/m0/s1. The van der Waals surface area contributed by atoms with Crippen molar-refractivity contribution < 1.29 is 28.8 Å². The highest BCUT2D eigenvalue weighted by Gasteiger charge is 2.60. The highest BCUT2D eigenvalue weighted by Crippen LogP contribution is 2.53. The SMILES string of the molecule is CCO[C@@]1(O)OC(=O)[C@H]2[C@@H](C)Cc3cc(OC)c(OC)cc3[C@@H]21. The van der Waals surface area contributed by atoms with Crippen molar-refractivity contribution in [2.45, 2.75) is 32.2 Å². The topological polar surface area (TPSA) is 74.2 Å². The van der Waals surface area contributed by atoms with Gasteiger partial charge in [0.25, 0.3) is 0 Å². The van der Waals surface area contributed by atoms with Gasteiger partial charge in [-0.25, -0.2) is 0 Å². The van der Waals surface area contributed by atoms with Crippen molar-refractivity contribution in [3.8, 4) is 11.5 Å². The highest BCUT2D eigenvalue weighted by atomic mass is 16.8. The maximum Gasteiger partial charge on any atom is 0.334 e. The summed E-state index contributed by atoms with van der Waals surface area (Å²) in [6.07, 6.45) is 0.703. The van der Waals surface area contributed by atoms with Crippen molar-refractivity contribution in [3.63, 3.8) is 0 Å². The summed E-state index contributed by atoms with van der Waals surface area (Å²) in [5, 5.41) is 10.8. The molecule has 4 atom stereocenters. The number of fused-ring (bicyclic) bond motifs is 3. The Labute approximate surface area is 135 Å². The molecule has 1 heterocycles. The third-order valence-corrected chi connectivity index (χ3v) is 4.76. The predicted molar refractivity (Wildman–Crippen MR) is 81.3 cm³/mol. The smallest absolute Gasteiger partial charge is 0.334 e. The number of aliphatic hydroxyl groups is 1. The van der Waals surface area contributed by atoms with E-state index in [-0.39, 0.29) is 12.5 Å². The number of hydrogen-bond acceptors (Lipinski definition) is 6. The molecule has 1 aliphatic carbocycles. The van der Waals surface area contributed by atoms with Crippen molar-refractivity contribution in [2.24, 2.45) is 11.8 Å². The molecular formula is C17H22O6. The zero-order chi connectivity index (χ0) is 16.8. The monoisotopic (exact) mass is 322 g/mol. The van der Waals surface area contributed by atoms with Gasteiger partial charge in [0.1, 0.15) is 0 Å². The number of benzene rings is 1. The molecule has 0 spiro atoms. The van der Waals surface area contributed by atoms with Crippen LogP contribution < -0.4 is 9.47 Å². The first-order chi connectivity index (χ1) is 10.9. The van der Waals surface area contributed by atoms with Crippen LogP contribution in [0.2, 0.25) is 0 Å². The Hall–Kier alpha value is -1.79. The number of cyclic esters (lactones) is 1. The molecule has 0 amide bonds. The van der Waals surface area contributed by atoms with Crippen LogP contribution in [0, 0.1) is 11.8 Å². The van der Waals surface area contributed by atoms with Gasteiger partial charge in [-0.05, 0) is 42.5 Å². The zero-order valence-corrected chi connectivity index (χ0v) is 13.8. The Morgan fingerprint density at radius 3 is 2.57 bits per heavy atom. The van der Waals surface area contributed by atoms with Gasteiger partial charge in [0.15, 0.2) is 11.5 Å². The van der Waals surface area contributed by atoms with Gasteiger partial charge >= 0.3 is 11.9 Å². The van der Waals surface area contributed by atoms with Crippen LogP contribution in [0.15, 0.2) is 12.1 Å². The molecule has 2 aliphatic rings. The van der Waals surface area contributed by atoms with Gasteiger partial charge in [0.2, 0.25) is 0 Å². The molecular weight excluding hydrogens is 300 g/mol. The Balaban J connectivity index is 2.16. The molecule has 126 valence electrons. The van der Waals surface area contributed by atoms with Gasteiger partial charge in [-0.2, -0.15) is 0 Å². The lowest BCUT2D eigenvalue weighted by Gasteiger charge is -2.35. The lowest BCUT2D eigenvalue weighted by Crippen LogP contribution is -2.41. The summed E-state index contributed by atoms with van der Waals surface area (Å²) in [5.74, 6) is -2.14. The minimum Gasteiger partial charge on any atom is -0.493 e. The Morgan fingerprint density at radius 1 is 1.30 bits per heavy atom. The highest BCUT2D eigenvalue weighted by molar-refractivity contribution is 5.78. The average molecular weight is 322 g/mol. The van der Waals surface area contributed by atoms with Gasteiger partial charge < -0.3 is 24.1 Å². The van der Waals surface area contributed by atoms with Gasteiger partial charge in [0, 0.05) is 0 Å². The second-order valence-corrected chi connectivity index (χ2v) is 6.08. The van der Waals surface area contributed by atoms with Crippen LogP contribution in [0.5, 0.6) is 11.5 Å². The molecule has 6 nitrogen and oxygen atoms in total. The van der Waals surface area contributed by atoms with E-state index in [0.29, 0.717) is 17.9 Å². The van der Waals surface area contributed by atoms with Gasteiger partial charge in [-0.15, -0.1) is 0 Å². The third-order valence-electron chi connectivity index (χ3n) is 4.76. The first-order valence-corrected chi connectivity index (χ1v) is 7.79. The largest absolute Gasteiger partial charge is 0.493 e. The number of carbonyl (C=O) groups is 1. The van der Waals surface area contributed by atoms with Crippen molar-refractivity contribution in [1.29, 1.82) is 0 Å². The van der Waals surface area contributed by atoms with Gasteiger partial charge in [-0.1, -0.05) is 6.92 Å². The second-order valence-electron chi connectivity index (χ2n) is 6.08. The predicted octanol–water partition coefficient (Wildman–Crippen LogP) is 1.84. The van der Waals surface area contributed by atoms with E-state index in [1.807, 2.05) is 19.1 Å². The summed E-state index contributed by atoms with van der Waals surface area (Å²) in [6, 6.07) is 3.71. The fourth-order valence-electron chi connectivity index (χ4n) is 3.79. The Morgan fingerprint density at radius 2 is 1.96 bits per heavy atom. The van der Waals surface area contributed by atoms with E-state index in [0.717, 1.165) is 11.1 Å². The summed E-state index contributed by atoms with van der Waals surface area (Å²) in [5.41, 5.74) is 1.82. The number of methoxy groups -OCH3 is 2. The quantitative estimate of drug-likeness (QED) is 0.673. The van der Waals surface area contributed by atoms with Crippen molar-refractivity contribution in [1.82, 2.24) is 0 Å². The zero-order valence-electron chi connectivity index (χ0n) is 13.8. The molecule has 1 aromatic rings. The van der Waals surface area contributed by atoms with Crippen LogP contribution in [-0.4, -0.2) is 37.9 Å². The van der Waals surface area contributed by atoms with E-state index < -0.39 is 23.8 Å². The maximum absolute atomic E-state index is 12.3. The normalized spacial score (nSPS) is 32.0. The van der Waals surface area contributed by atoms with Crippen molar-refractivity contribution in [2.75, 3.05) is 20.8 Å². The van der Waals surface area contributed by atoms with Crippen molar-refractivity contribution >= 4 is 5.97 Å². The van der Waals surface area contributed by atoms with Crippen LogP contribution in [0.1, 0.15) is 30.9 Å². The fourth-order valence-corrected chi connectivity index (χ4v) is 3.79. The summed E-state index contributed by atoms with van der Waals surface area (Å²) >= 11 is 0. The Kier molecular flexibility index (Phi) is 3.98. The van der Waals surface area contributed by atoms with E-state index in [2.05, 4.69) is 0 Å². The van der Waals surface area contributed by atoms with E-state index in [1.165, 1.54) is 0 Å². The van der Waals surface area contributed by atoms with Crippen LogP contribution in [-0.2, 0) is 20.7 Å². The molecule has 0 radical (unpaired) electrons. The molecule has 0 bridgehead atoms. The van der Waals surface area contributed by atoms with Crippen LogP contribution in [0.4, 0.5) is 0 Å². The average Bonchev–Trinajstić information content (AvgIpc) is 2.78. The van der Waals surface area contributed by atoms with Crippen LogP contribution in [0.3, 0.4) is 0 Å². The van der Waals surface area contributed by atoms with E-state index in [9.17, 15) is 9.90 Å². The third kappa shape index (κ3) is 2.37. The number of esters is 1. The van der Waals surface area contributed by atoms with E-state index >= 15 is 0 Å². The second kappa shape index (κ2) is 5.69. The summed E-state index contributed by atoms with van der Waals surface area (Å²) < 4.78 is 21.3. The lowest BCUT2D eigenvalue weighted by atomic mass is 9.69. The minimum atomic E-state index is -1.93. The van der Waals surface area contributed by atoms with Crippen LogP contribution in [0.25, 0.3) is 0 Å². The lowest BCUT2D eigenvalue weighted by molar-refractivity contribution is -0.334. The fraction of sp³-hybridized carbons (Fsp3) is 0.588. The van der Waals surface area contributed by atoms with Gasteiger partial charge in [-0.3, -0.25) is 4.79 Å². The minimum absolute atomic E-state index is 0.0348. The molecule has 23 heavy (non-hydrogen) atoms. The molecule has 1 aromatic carbocycles. The number of ether oxygens (including phenoxy) is 4. The first kappa shape index (κ1) is 16.1. The summed E-state index contributed by atoms with van der Waals surface area (Å²) in [6.45, 7) is 3.97. The molecule has 0 unspecified atom stereocenters. The van der Waals surface area contributed by atoms with Crippen LogP contribution >= 0.6 is 0 Å².